The Bertz CT molecular complexity index is 1230. The second-order valence-electron chi connectivity index (χ2n) is 7.64. The predicted molar refractivity (Wildman–Crippen MR) is 121 cm³/mol. The predicted octanol–water partition coefficient (Wildman–Crippen LogP) is 4.86. The molecule has 1 unspecified atom stereocenters. The summed E-state index contributed by atoms with van der Waals surface area (Å²) in [7, 11) is 1.61. The van der Waals surface area contributed by atoms with Crippen LogP contribution in [0.4, 0.5) is 5.69 Å². The number of rotatable bonds is 5. The monoisotopic (exact) mass is 413 g/mol. The van der Waals surface area contributed by atoms with E-state index in [0.29, 0.717) is 17.2 Å². The van der Waals surface area contributed by atoms with Crippen molar-refractivity contribution in [2.75, 3.05) is 19.0 Å². The number of nitrogens with zero attached hydrogens (tertiary/aromatic N) is 1. The first-order chi connectivity index (χ1) is 15.2. The molecule has 0 bridgehead atoms. The van der Waals surface area contributed by atoms with E-state index >= 15 is 0 Å². The van der Waals surface area contributed by atoms with Gasteiger partial charge in [-0.1, -0.05) is 30.3 Å². The highest BCUT2D eigenvalue weighted by Gasteiger charge is 2.22. The molecule has 0 spiro atoms. The number of fused-ring (bicyclic) bond motifs is 1. The standard InChI is InChI=1S/C25H23N3O3/c1-30-19-13-17(12-18(14-19)28-25(29)21-8-5-10-26-21)23-15-22-24(31-23)20(9-11-27-22)16-6-3-2-4-7-16/h2-4,6-7,9,11-15,21,26H,5,8,10H2,1H3,(H,28,29). The first-order valence-corrected chi connectivity index (χ1v) is 10.4. The smallest absolute Gasteiger partial charge is 0.241 e. The lowest BCUT2D eigenvalue weighted by Crippen LogP contribution is -2.35. The van der Waals surface area contributed by atoms with Gasteiger partial charge in [-0.3, -0.25) is 9.78 Å². The van der Waals surface area contributed by atoms with Crippen molar-refractivity contribution < 1.29 is 13.9 Å². The number of methoxy groups -OCH3 is 1. The fourth-order valence-corrected chi connectivity index (χ4v) is 3.99. The molecular formula is C25H23N3O3. The molecule has 3 heterocycles. The van der Waals surface area contributed by atoms with Crippen LogP contribution in [0, 0.1) is 0 Å². The molecule has 0 aliphatic carbocycles. The van der Waals surface area contributed by atoms with Gasteiger partial charge >= 0.3 is 0 Å². The van der Waals surface area contributed by atoms with Crippen molar-refractivity contribution in [3.63, 3.8) is 0 Å². The van der Waals surface area contributed by atoms with Crippen LogP contribution >= 0.6 is 0 Å². The Morgan fingerprint density at radius 2 is 2.00 bits per heavy atom. The Labute approximate surface area is 180 Å². The van der Waals surface area contributed by atoms with Crippen LogP contribution in [0.25, 0.3) is 33.6 Å². The summed E-state index contributed by atoms with van der Waals surface area (Å²) in [6.07, 6.45) is 3.65. The van der Waals surface area contributed by atoms with Gasteiger partial charge in [0.2, 0.25) is 5.91 Å². The molecule has 2 N–H and O–H groups in total. The molecule has 2 aromatic heterocycles. The number of carbonyl (C=O) groups is 1. The van der Waals surface area contributed by atoms with E-state index in [4.69, 9.17) is 9.15 Å². The quantitative estimate of drug-likeness (QED) is 0.489. The van der Waals surface area contributed by atoms with Crippen LogP contribution in [0.5, 0.6) is 5.75 Å². The maximum Gasteiger partial charge on any atom is 0.241 e. The number of anilines is 1. The van der Waals surface area contributed by atoms with Gasteiger partial charge in [-0.15, -0.1) is 0 Å². The number of nitrogens with one attached hydrogen (secondary N) is 2. The molecule has 31 heavy (non-hydrogen) atoms. The molecule has 0 saturated carbocycles. The Hall–Kier alpha value is -3.64. The normalized spacial score (nSPS) is 15.8. The zero-order valence-electron chi connectivity index (χ0n) is 17.2. The van der Waals surface area contributed by atoms with E-state index < -0.39 is 0 Å². The molecule has 5 rings (SSSR count). The zero-order valence-corrected chi connectivity index (χ0v) is 17.2. The molecule has 2 aromatic carbocycles. The SMILES string of the molecule is COc1cc(NC(=O)C2CCCN2)cc(-c2cc3nccc(-c4ccccc4)c3o2)c1. The molecule has 1 aliphatic rings. The summed E-state index contributed by atoms with van der Waals surface area (Å²) in [5.74, 6) is 1.28. The maximum atomic E-state index is 12.6. The lowest BCUT2D eigenvalue weighted by atomic mass is 10.1. The van der Waals surface area contributed by atoms with Crippen LogP contribution < -0.4 is 15.4 Å². The lowest BCUT2D eigenvalue weighted by molar-refractivity contribution is -0.117. The van der Waals surface area contributed by atoms with E-state index in [1.807, 2.05) is 60.7 Å². The topological polar surface area (TPSA) is 76.4 Å². The van der Waals surface area contributed by atoms with Crippen LogP contribution in [0.3, 0.4) is 0 Å². The third-order valence-corrected chi connectivity index (χ3v) is 5.57. The summed E-state index contributed by atoms with van der Waals surface area (Å²) in [4.78, 5) is 17.0. The average Bonchev–Trinajstić information content (AvgIpc) is 3.49. The summed E-state index contributed by atoms with van der Waals surface area (Å²) in [5, 5.41) is 6.22. The molecule has 6 heteroatoms. The van der Waals surface area contributed by atoms with Gasteiger partial charge in [-0.25, -0.2) is 0 Å². The summed E-state index contributed by atoms with van der Waals surface area (Å²) >= 11 is 0. The lowest BCUT2D eigenvalue weighted by Gasteiger charge is -2.13. The largest absolute Gasteiger partial charge is 0.497 e. The fraction of sp³-hybridized carbons (Fsp3) is 0.200. The van der Waals surface area contributed by atoms with Gasteiger partial charge in [0.05, 0.1) is 13.2 Å². The number of pyridine rings is 1. The van der Waals surface area contributed by atoms with Gasteiger partial charge in [0.1, 0.15) is 17.0 Å². The minimum absolute atomic E-state index is 0.0330. The van der Waals surface area contributed by atoms with Crippen molar-refractivity contribution in [3.8, 4) is 28.2 Å². The number of aromatic nitrogens is 1. The molecular weight excluding hydrogens is 390 g/mol. The van der Waals surface area contributed by atoms with E-state index in [-0.39, 0.29) is 11.9 Å². The van der Waals surface area contributed by atoms with Crippen molar-refractivity contribution in [1.29, 1.82) is 0 Å². The van der Waals surface area contributed by atoms with Gasteiger partial charge in [0.25, 0.3) is 0 Å². The number of hydrogen-bond acceptors (Lipinski definition) is 5. The van der Waals surface area contributed by atoms with E-state index in [1.54, 1.807) is 13.3 Å². The fourth-order valence-electron chi connectivity index (χ4n) is 3.99. The molecule has 1 saturated heterocycles. The molecule has 4 aromatic rings. The van der Waals surface area contributed by atoms with E-state index in [2.05, 4.69) is 15.6 Å². The third-order valence-electron chi connectivity index (χ3n) is 5.57. The third kappa shape index (κ3) is 3.90. The van der Waals surface area contributed by atoms with Crippen LogP contribution in [0.1, 0.15) is 12.8 Å². The van der Waals surface area contributed by atoms with Gasteiger partial charge in [0.15, 0.2) is 5.58 Å². The first-order valence-electron chi connectivity index (χ1n) is 10.4. The number of hydrogen-bond donors (Lipinski definition) is 2. The van der Waals surface area contributed by atoms with Crippen LogP contribution in [0.2, 0.25) is 0 Å². The van der Waals surface area contributed by atoms with Crippen molar-refractivity contribution in [2.45, 2.75) is 18.9 Å². The summed E-state index contributed by atoms with van der Waals surface area (Å²) in [5.41, 5.74) is 5.04. The highest BCUT2D eigenvalue weighted by molar-refractivity contribution is 5.96. The molecule has 1 aliphatic heterocycles. The van der Waals surface area contributed by atoms with Gasteiger partial charge < -0.3 is 19.8 Å². The first kappa shape index (κ1) is 19.3. The number of amides is 1. The number of furan rings is 1. The highest BCUT2D eigenvalue weighted by atomic mass is 16.5. The molecule has 156 valence electrons. The van der Waals surface area contributed by atoms with Crippen molar-refractivity contribution in [3.05, 3.63) is 66.9 Å². The number of carbonyl (C=O) groups excluding carboxylic acids is 1. The number of benzene rings is 2. The Morgan fingerprint density at radius 3 is 2.77 bits per heavy atom. The molecule has 6 nitrogen and oxygen atoms in total. The second-order valence-corrected chi connectivity index (χ2v) is 7.64. The minimum Gasteiger partial charge on any atom is -0.497 e. The molecule has 1 fully saturated rings. The minimum atomic E-state index is -0.154. The Kier molecular flexibility index (Phi) is 5.14. The van der Waals surface area contributed by atoms with Crippen LogP contribution in [0.15, 0.2) is 71.3 Å². The van der Waals surface area contributed by atoms with Crippen LogP contribution in [-0.2, 0) is 4.79 Å². The van der Waals surface area contributed by atoms with Gasteiger partial charge in [-0.2, -0.15) is 0 Å². The Balaban J connectivity index is 1.53. The zero-order chi connectivity index (χ0) is 21.2. The van der Waals surface area contributed by atoms with Gasteiger partial charge in [-0.05, 0) is 43.1 Å². The van der Waals surface area contributed by atoms with Crippen molar-refractivity contribution in [2.24, 2.45) is 0 Å². The summed E-state index contributed by atoms with van der Waals surface area (Å²) in [6.45, 7) is 0.872. The second kappa shape index (κ2) is 8.24. The summed E-state index contributed by atoms with van der Waals surface area (Å²) < 4.78 is 11.7. The number of ether oxygens (including phenoxy) is 1. The average molecular weight is 413 g/mol. The van der Waals surface area contributed by atoms with Crippen LogP contribution in [-0.4, -0.2) is 30.6 Å². The molecule has 1 atom stereocenters. The Morgan fingerprint density at radius 1 is 1.13 bits per heavy atom. The molecule has 0 radical (unpaired) electrons. The molecule has 1 amide bonds. The summed E-state index contributed by atoms with van der Waals surface area (Å²) in [6, 6.07) is 19.4. The van der Waals surface area contributed by atoms with Gasteiger partial charge in [0, 0.05) is 35.1 Å². The maximum absolute atomic E-state index is 12.6. The van der Waals surface area contributed by atoms with E-state index in [9.17, 15) is 4.79 Å². The highest BCUT2D eigenvalue weighted by Crippen LogP contribution is 2.36. The van der Waals surface area contributed by atoms with E-state index in [1.165, 1.54) is 0 Å². The van der Waals surface area contributed by atoms with Crippen molar-refractivity contribution >= 4 is 22.7 Å². The van der Waals surface area contributed by atoms with E-state index in [0.717, 1.165) is 47.2 Å². The van der Waals surface area contributed by atoms with Crippen molar-refractivity contribution in [1.82, 2.24) is 10.3 Å².